The summed E-state index contributed by atoms with van der Waals surface area (Å²) in [5.41, 5.74) is 1.64. The van der Waals surface area contributed by atoms with E-state index >= 15 is 0 Å². The van der Waals surface area contributed by atoms with E-state index in [1.54, 1.807) is 18.5 Å². The highest BCUT2D eigenvalue weighted by molar-refractivity contribution is 7.10. The number of carbonyl (C=O) groups excluding carboxylic acids is 2. The highest BCUT2D eigenvalue weighted by Crippen LogP contribution is 2.48. The summed E-state index contributed by atoms with van der Waals surface area (Å²) in [5, 5.41) is 13.4. The summed E-state index contributed by atoms with van der Waals surface area (Å²) in [6.07, 6.45) is 3.26. The molecule has 0 saturated carbocycles. The number of methoxy groups -OCH3 is 2. The van der Waals surface area contributed by atoms with E-state index in [4.69, 9.17) is 32.7 Å². The third-order valence-corrected chi connectivity index (χ3v) is 7.26. The van der Waals surface area contributed by atoms with Crippen LogP contribution in [0.25, 0.3) is 5.76 Å². The Kier molecular flexibility index (Phi) is 6.84. The van der Waals surface area contributed by atoms with Crippen LogP contribution in [0.3, 0.4) is 0 Å². The first kappa shape index (κ1) is 24.1. The second-order valence-corrected chi connectivity index (χ2v) is 9.28. The number of likely N-dealkylation sites (tertiary alicyclic amines) is 1. The summed E-state index contributed by atoms with van der Waals surface area (Å²) in [6, 6.07) is 6.05. The summed E-state index contributed by atoms with van der Waals surface area (Å²) < 4.78 is 10.6. The third kappa shape index (κ3) is 4.02. The van der Waals surface area contributed by atoms with Gasteiger partial charge in [-0.3, -0.25) is 14.6 Å². The third-order valence-electron chi connectivity index (χ3n) is 5.56. The van der Waals surface area contributed by atoms with Gasteiger partial charge >= 0.3 is 0 Å². The zero-order valence-electron chi connectivity index (χ0n) is 18.5. The van der Waals surface area contributed by atoms with Crippen LogP contribution in [0, 0.1) is 6.92 Å². The number of benzene rings is 1. The predicted octanol–water partition coefficient (Wildman–Crippen LogP) is 5.40. The average molecular weight is 519 g/mol. The fourth-order valence-corrected chi connectivity index (χ4v) is 5.69. The number of aromatic nitrogens is 1. The van der Waals surface area contributed by atoms with E-state index in [1.807, 2.05) is 24.4 Å². The number of carbonyl (C=O) groups is 2. The molecule has 2 aromatic heterocycles. The van der Waals surface area contributed by atoms with E-state index in [0.29, 0.717) is 0 Å². The van der Waals surface area contributed by atoms with Crippen LogP contribution in [0.5, 0.6) is 11.5 Å². The molecule has 1 aliphatic heterocycles. The number of hydrogen-bond donors (Lipinski definition) is 1. The number of aliphatic hydroxyl groups excluding tert-OH is 1. The van der Waals surface area contributed by atoms with Gasteiger partial charge in [-0.25, -0.2) is 0 Å². The smallest absolute Gasteiger partial charge is 0.295 e. The van der Waals surface area contributed by atoms with Crippen molar-refractivity contribution in [2.75, 3.05) is 14.2 Å². The van der Waals surface area contributed by atoms with Gasteiger partial charge in [-0.1, -0.05) is 29.3 Å². The van der Waals surface area contributed by atoms with Crippen LogP contribution < -0.4 is 9.47 Å². The quantitative estimate of drug-likeness (QED) is 0.267. The molecule has 1 aromatic carbocycles. The summed E-state index contributed by atoms with van der Waals surface area (Å²) >= 11 is 14.1. The Morgan fingerprint density at radius 1 is 1.21 bits per heavy atom. The van der Waals surface area contributed by atoms with E-state index in [9.17, 15) is 14.7 Å². The van der Waals surface area contributed by atoms with Gasteiger partial charge in [-0.15, -0.1) is 11.3 Å². The number of nitrogens with zero attached hydrogens (tertiary/aromatic N) is 2. The van der Waals surface area contributed by atoms with Crippen LogP contribution in [-0.2, 0) is 16.1 Å². The lowest BCUT2D eigenvalue weighted by molar-refractivity contribution is -0.140. The van der Waals surface area contributed by atoms with Gasteiger partial charge in [0.1, 0.15) is 16.8 Å². The van der Waals surface area contributed by atoms with Crippen molar-refractivity contribution in [3.05, 3.63) is 79.2 Å². The van der Waals surface area contributed by atoms with Crippen molar-refractivity contribution in [1.29, 1.82) is 0 Å². The molecule has 1 fully saturated rings. The first-order valence-electron chi connectivity index (χ1n) is 10.1. The SMILES string of the molecule is COc1c(Cl)cc(/C(O)=C2\C(=O)C(=O)N(Cc3cccnc3)C2c2sccc2C)c(OC)c1Cl. The highest BCUT2D eigenvalue weighted by atomic mass is 35.5. The lowest BCUT2D eigenvalue weighted by Crippen LogP contribution is -2.29. The second kappa shape index (κ2) is 9.66. The number of thiophene rings is 1. The maximum absolute atomic E-state index is 13.3. The Morgan fingerprint density at radius 2 is 1.94 bits per heavy atom. The number of ether oxygens (including phenoxy) is 2. The topological polar surface area (TPSA) is 89.0 Å². The van der Waals surface area contributed by atoms with Crippen LogP contribution in [0.1, 0.15) is 27.6 Å². The highest BCUT2D eigenvalue weighted by Gasteiger charge is 2.47. The molecule has 0 spiro atoms. The molecule has 1 N–H and O–H groups in total. The van der Waals surface area contributed by atoms with E-state index in [1.165, 1.54) is 36.5 Å². The molecule has 0 bridgehead atoms. The molecular formula is C24H20Cl2N2O5S. The number of aliphatic hydroxyl groups is 1. The van der Waals surface area contributed by atoms with Crippen molar-refractivity contribution >= 4 is 52.0 Å². The van der Waals surface area contributed by atoms with Crippen molar-refractivity contribution in [1.82, 2.24) is 9.88 Å². The minimum Gasteiger partial charge on any atom is -0.507 e. The zero-order valence-corrected chi connectivity index (χ0v) is 20.8. The van der Waals surface area contributed by atoms with Gasteiger partial charge in [-0.05, 0) is 41.6 Å². The van der Waals surface area contributed by atoms with Crippen LogP contribution in [-0.4, -0.2) is 40.9 Å². The second-order valence-electron chi connectivity index (χ2n) is 7.54. The van der Waals surface area contributed by atoms with Crippen molar-refractivity contribution in [3.8, 4) is 11.5 Å². The lowest BCUT2D eigenvalue weighted by Gasteiger charge is -2.25. The molecular weight excluding hydrogens is 499 g/mol. The van der Waals surface area contributed by atoms with Crippen LogP contribution in [0.4, 0.5) is 0 Å². The Labute approximate surface area is 210 Å². The van der Waals surface area contributed by atoms with Gasteiger partial charge in [0.15, 0.2) is 11.5 Å². The monoisotopic (exact) mass is 518 g/mol. The molecule has 1 amide bonds. The maximum atomic E-state index is 13.3. The van der Waals surface area contributed by atoms with Crippen LogP contribution in [0.15, 0.2) is 47.6 Å². The van der Waals surface area contributed by atoms with Crippen molar-refractivity contribution in [3.63, 3.8) is 0 Å². The van der Waals surface area contributed by atoms with Crippen LogP contribution >= 0.6 is 34.5 Å². The number of amides is 1. The fourth-order valence-electron chi connectivity index (χ4n) is 3.96. The van der Waals surface area contributed by atoms with E-state index < -0.39 is 23.5 Å². The van der Waals surface area contributed by atoms with Gasteiger partial charge in [-0.2, -0.15) is 0 Å². The Hall–Kier alpha value is -3.07. The maximum Gasteiger partial charge on any atom is 0.295 e. The standard InChI is InChI=1S/C24H20Cl2N2O5S/c1-12-6-8-34-23(12)18-16(20(30)24(31)28(18)11-13-5-4-7-27-10-13)19(29)14-9-15(25)22(33-3)17(26)21(14)32-2/h4-10,18,29H,11H2,1-3H3/b19-16+. The van der Waals surface area contributed by atoms with Crippen molar-refractivity contribution in [2.45, 2.75) is 19.5 Å². The first-order chi connectivity index (χ1) is 16.3. The molecule has 1 saturated heterocycles. The molecule has 1 unspecified atom stereocenters. The van der Waals surface area contributed by atoms with Gasteiger partial charge < -0.3 is 19.5 Å². The molecule has 1 aliphatic rings. The average Bonchev–Trinajstić information content (AvgIpc) is 3.35. The Bertz CT molecular complexity index is 1310. The summed E-state index contributed by atoms with van der Waals surface area (Å²) in [6.45, 7) is 2.02. The van der Waals surface area contributed by atoms with E-state index in [-0.39, 0.29) is 39.2 Å². The van der Waals surface area contributed by atoms with Crippen LogP contribution in [0.2, 0.25) is 10.0 Å². The summed E-state index contributed by atoms with van der Waals surface area (Å²) in [7, 11) is 2.77. The lowest BCUT2D eigenvalue weighted by atomic mass is 9.97. The minimum atomic E-state index is -0.815. The van der Waals surface area contributed by atoms with Crippen molar-refractivity contribution in [2.24, 2.45) is 0 Å². The molecule has 7 nitrogen and oxygen atoms in total. The predicted molar refractivity (Wildman–Crippen MR) is 131 cm³/mol. The fraction of sp³-hybridized carbons (Fsp3) is 0.208. The van der Waals surface area contributed by atoms with Crippen molar-refractivity contribution < 1.29 is 24.2 Å². The number of hydrogen-bond acceptors (Lipinski definition) is 7. The number of halogens is 2. The molecule has 176 valence electrons. The van der Waals surface area contributed by atoms with Gasteiger partial charge in [0.2, 0.25) is 0 Å². The molecule has 3 aromatic rings. The normalized spacial score (nSPS) is 17.3. The number of Topliss-reactive ketones (excluding diaryl/α,β-unsaturated/α-hetero) is 1. The molecule has 3 heterocycles. The summed E-state index contributed by atoms with van der Waals surface area (Å²) in [4.78, 5) is 32.7. The molecule has 0 aliphatic carbocycles. The molecule has 10 heteroatoms. The largest absolute Gasteiger partial charge is 0.507 e. The molecule has 1 atom stereocenters. The summed E-state index contributed by atoms with van der Waals surface area (Å²) in [5.74, 6) is -1.75. The van der Waals surface area contributed by atoms with Gasteiger partial charge in [0, 0.05) is 23.8 Å². The van der Waals surface area contributed by atoms with Gasteiger partial charge in [0.05, 0.1) is 30.4 Å². The number of rotatable bonds is 6. The number of pyridine rings is 1. The van der Waals surface area contributed by atoms with E-state index in [0.717, 1.165) is 16.0 Å². The molecule has 34 heavy (non-hydrogen) atoms. The first-order valence-corrected chi connectivity index (χ1v) is 11.7. The van der Waals surface area contributed by atoms with E-state index in [2.05, 4.69) is 4.98 Å². The molecule has 0 radical (unpaired) electrons. The Morgan fingerprint density at radius 3 is 2.53 bits per heavy atom. The van der Waals surface area contributed by atoms with Gasteiger partial charge in [0.25, 0.3) is 11.7 Å². The number of ketones is 1. The Balaban J connectivity index is 1.94. The molecule has 4 rings (SSSR count). The number of aryl methyl sites for hydroxylation is 1. The zero-order chi connectivity index (χ0) is 24.6. The minimum absolute atomic E-state index is 0.0347.